The molecule has 1 aromatic heterocycles. The van der Waals surface area contributed by atoms with Crippen molar-refractivity contribution in [1.29, 1.82) is 0 Å². The topological polar surface area (TPSA) is 67.8 Å². The zero-order chi connectivity index (χ0) is 13.8. The maximum atomic E-state index is 11.5. The van der Waals surface area contributed by atoms with E-state index in [1.54, 1.807) is 11.4 Å². The second-order valence-corrected chi connectivity index (χ2v) is 5.48. The summed E-state index contributed by atoms with van der Waals surface area (Å²) in [5, 5.41) is 4.58. The SMILES string of the molecule is COC(=O)c1sccc1NC(C=O)=NC(C)(C)C. The summed E-state index contributed by atoms with van der Waals surface area (Å²) in [5.74, 6) is -0.250. The average molecular weight is 268 g/mol. The van der Waals surface area contributed by atoms with Gasteiger partial charge in [-0.1, -0.05) is 0 Å². The third-order valence-corrected chi connectivity index (χ3v) is 2.76. The van der Waals surface area contributed by atoms with Crippen LogP contribution >= 0.6 is 11.3 Å². The molecule has 1 rings (SSSR count). The van der Waals surface area contributed by atoms with Gasteiger partial charge in [0, 0.05) is 0 Å². The molecule has 0 saturated carbocycles. The molecule has 0 aliphatic carbocycles. The van der Waals surface area contributed by atoms with Crippen LogP contribution in [0.4, 0.5) is 5.69 Å². The van der Waals surface area contributed by atoms with Gasteiger partial charge < -0.3 is 10.1 Å². The van der Waals surface area contributed by atoms with Crippen molar-refractivity contribution in [2.45, 2.75) is 26.3 Å². The maximum Gasteiger partial charge on any atom is 0.350 e. The molecule has 0 unspecified atom stereocenters. The number of hydrogen-bond acceptors (Lipinski definition) is 5. The highest BCUT2D eigenvalue weighted by Crippen LogP contribution is 2.23. The van der Waals surface area contributed by atoms with Crippen LogP contribution in [0.1, 0.15) is 30.4 Å². The van der Waals surface area contributed by atoms with Crippen molar-refractivity contribution in [3.05, 3.63) is 16.3 Å². The van der Waals surface area contributed by atoms with Gasteiger partial charge in [-0.15, -0.1) is 11.3 Å². The van der Waals surface area contributed by atoms with Gasteiger partial charge in [-0.2, -0.15) is 0 Å². The number of methoxy groups -OCH3 is 1. The Hall–Kier alpha value is -1.69. The molecule has 18 heavy (non-hydrogen) atoms. The summed E-state index contributed by atoms with van der Waals surface area (Å²) in [6, 6.07) is 1.71. The fraction of sp³-hybridized carbons (Fsp3) is 0.417. The van der Waals surface area contributed by atoms with Crippen molar-refractivity contribution in [2.75, 3.05) is 12.4 Å². The van der Waals surface area contributed by atoms with E-state index in [1.807, 2.05) is 20.8 Å². The summed E-state index contributed by atoms with van der Waals surface area (Å²) >= 11 is 1.24. The lowest BCUT2D eigenvalue weighted by Gasteiger charge is -2.14. The third kappa shape index (κ3) is 3.96. The Balaban J connectivity index is 2.97. The number of carbonyl (C=O) groups is 2. The fourth-order valence-corrected chi connectivity index (χ4v) is 2.01. The Morgan fingerprint density at radius 3 is 2.67 bits per heavy atom. The molecular weight excluding hydrogens is 252 g/mol. The van der Waals surface area contributed by atoms with Crippen molar-refractivity contribution in [3.8, 4) is 0 Å². The molecule has 0 saturated heterocycles. The van der Waals surface area contributed by atoms with Crippen molar-refractivity contribution in [2.24, 2.45) is 4.99 Å². The van der Waals surface area contributed by atoms with Gasteiger partial charge in [0.2, 0.25) is 0 Å². The van der Waals surface area contributed by atoms with Crippen molar-refractivity contribution in [1.82, 2.24) is 0 Å². The first-order valence-corrected chi connectivity index (χ1v) is 6.23. The molecule has 1 N–H and O–H groups in total. The number of carbonyl (C=O) groups excluding carboxylic acids is 2. The standard InChI is InChI=1S/C12H16N2O3S/c1-12(2,3)14-9(7-15)13-8-5-6-18-10(8)11(16)17-4/h5-7H,1-4H3,(H,13,14). The number of anilines is 1. The van der Waals surface area contributed by atoms with Crippen LogP contribution in [0.25, 0.3) is 0 Å². The number of ether oxygens (including phenoxy) is 1. The smallest absolute Gasteiger partial charge is 0.350 e. The van der Waals surface area contributed by atoms with Gasteiger partial charge in [0.15, 0.2) is 12.1 Å². The average Bonchev–Trinajstić information content (AvgIpc) is 2.73. The van der Waals surface area contributed by atoms with E-state index in [0.29, 0.717) is 16.9 Å². The minimum atomic E-state index is -0.437. The van der Waals surface area contributed by atoms with Crippen LogP contribution < -0.4 is 5.32 Å². The Bertz CT molecular complexity index is 472. The molecule has 98 valence electrons. The number of esters is 1. The first kappa shape index (κ1) is 14.4. The summed E-state index contributed by atoms with van der Waals surface area (Å²) in [5.41, 5.74) is 0.159. The molecule has 0 atom stereocenters. The van der Waals surface area contributed by atoms with Crippen LogP contribution in [-0.2, 0) is 9.53 Å². The Morgan fingerprint density at radius 2 is 2.17 bits per heavy atom. The summed E-state index contributed by atoms with van der Waals surface area (Å²) in [6.07, 6.45) is 0.629. The second-order valence-electron chi connectivity index (χ2n) is 4.57. The molecule has 0 aromatic carbocycles. The quantitative estimate of drug-likeness (QED) is 0.395. The number of aldehydes is 1. The van der Waals surface area contributed by atoms with Gasteiger partial charge in [-0.05, 0) is 32.2 Å². The van der Waals surface area contributed by atoms with E-state index in [1.165, 1.54) is 18.4 Å². The molecule has 0 bridgehead atoms. The molecule has 0 fully saturated rings. The Morgan fingerprint density at radius 1 is 1.50 bits per heavy atom. The van der Waals surface area contributed by atoms with Crippen molar-refractivity contribution < 1.29 is 14.3 Å². The number of amidine groups is 1. The van der Waals surface area contributed by atoms with Gasteiger partial charge in [0.25, 0.3) is 0 Å². The highest BCUT2D eigenvalue weighted by atomic mass is 32.1. The van der Waals surface area contributed by atoms with E-state index in [9.17, 15) is 9.59 Å². The summed E-state index contributed by atoms with van der Waals surface area (Å²) < 4.78 is 4.65. The molecule has 0 radical (unpaired) electrons. The van der Waals surface area contributed by atoms with Crippen LogP contribution in [0, 0.1) is 0 Å². The highest BCUT2D eigenvalue weighted by molar-refractivity contribution is 7.12. The molecular formula is C12H16N2O3S. The maximum absolute atomic E-state index is 11.5. The predicted molar refractivity (Wildman–Crippen MR) is 72.5 cm³/mol. The molecule has 1 aromatic rings. The van der Waals surface area contributed by atoms with E-state index in [4.69, 9.17) is 0 Å². The largest absolute Gasteiger partial charge is 0.465 e. The van der Waals surface area contributed by atoms with Gasteiger partial charge in [0.05, 0.1) is 18.3 Å². The molecule has 5 nitrogen and oxygen atoms in total. The molecule has 0 aliphatic heterocycles. The van der Waals surface area contributed by atoms with Gasteiger partial charge >= 0.3 is 5.97 Å². The van der Waals surface area contributed by atoms with Crippen LogP contribution in [0.15, 0.2) is 16.4 Å². The molecule has 0 amide bonds. The minimum absolute atomic E-state index is 0.186. The number of thiophene rings is 1. The fourth-order valence-electron chi connectivity index (χ4n) is 1.24. The van der Waals surface area contributed by atoms with Crippen LogP contribution in [0.2, 0.25) is 0 Å². The normalized spacial score (nSPS) is 12.1. The van der Waals surface area contributed by atoms with Crippen molar-refractivity contribution in [3.63, 3.8) is 0 Å². The lowest BCUT2D eigenvalue weighted by Crippen LogP contribution is -2.21. The third-order valence-electron chi connectivity index (χ3n) is 1.87. The second kappa shape index (κ2) is 5.77. The molecule has 6 heteroatoms. The van der Waals surface area contributed by atoms with Crippen LogP contribution in [0.3, 0.4) is 0 Å². The number of rotatable bonds is 3. The molecule has 0 spiro atoms. The Kier molecular flexibility index (Phi) is 4.61. The monoisotopic (exact) mass is 268 g/mol. The van der Waals surface area contributed by atoms with Crippen LogP contribution in [-0.4, -0.2) is 30.7 Å². The summed E-state index contributed by atoms with van der Waals surface area (Å²) in [6.45, 7) is 5.65. The summed E-state index contributed by atoms with van der Waals surface area (Å²) in [7, 11) is 1.32. The van der Waals surface area contributed by atoms with E-state index >= 15 is 0 Å². The van der Waals surface area contributed by atoms with E-state index in [2.05, 4.69) is 15.0 Å². The van der Waals surface area contributed by atoms with Gasteiger partial charge in [-0.25, -0.2) is 4.79 Å². The van der Waals surface area contributed by atoms with Crippen LogP contribution in [0.5, 0.6) is 0 Å². The predicted octanol–water partition coefficient (Wildman–Crippen LogP) is 2.34. The minimum Gasteiger partial charge on any atom is -0.465 e. The zero-order valence-corrected chi connectivity index (χ0v) is 11.6. The lowest BCUT2D eigenvalue weighted by molar-refractivity contribution is -0.102. The molecule has 0 aliphatic rings. The van der Waals surface area contributed by atoms with Gasteiger partial charge in [0.1, 0.15) is 4.88 Å². The number of aliphatic imine (C=N–C) groups is 1. The first-order chi connectivity index (χ1) is 8.37. The van der Waals surface area contributed by atoms with Crippen molar-refractivity contribution >= 4 is 35.1 Å². The van der Waals surface area contributed by atoms with E-state index in [-0.39, 0.29) is 11.4 Å². The number of hydrogen-bond donors (Lipinski definition) is 1. The van der Waals surface area contributed by atoms with E-state index in [0.717, 1.165) is 0 Å². The number of nitrogens with zero attached hydrogens (tertiary/aromatic N) is 1. The zero-order valence-electron chi connectivity index (χ0n) is 10.8. The molecule has 1 heterocycles. The number of nitrogens with one attached hydrogen (secondary N) is 1. The highest BCUT2D eigenvalue weighted by Gasteiger charge is 2.16. The Labute approximate surface area is 110 Å². The summed E-state index contributed by atoms with van der Waals surface area (Å²) in [4.78, 5) is 27.1. The van der Waals surface area contributed by atoms with Gasteiger partial charge in [-0.3, -0.25) is 9.79 Å². The first-order valence-electron chi connectivity index (χ1n) is 5.35. The van der Waals surface area contributed by atoms with E-state index < -0.39 is 5.97 Å². The lowest BCUT2D eigenvalue weighted by atomic mass is 10.1.